The zero-order valence-corrected chi connectivity index (χ0v) is 16.2. The van der Waals surface area contributed by atoms with Gasteiger partial charge < -0.3 is 10.2 Å². The molecular weight excluding hydrogens is 326 g/mol. The van der Waals surface area contributed by atoms with E-state index in [1.807, 2.05) is 45.0 Å². The fourth-order valence-electron chi connectivity index (χ4n) is 3.20. The smallest absolute Gasteiger partial charge is 0.236 e. The van der Waals surface area contributed by atoms with Crippen LogP contribution in [0.2, 0.25) is 0 Å². The van der Waals surface area contributed by atoms with Gasteiger partial charge in [-0.3, -0.25) is 14.5 Å². The molecule has 2 aromatic carbocycles. The van der Waals surface area contributed by atoms with Gasteiger partial charge in [-0.25, -0.2) is 0 Å². The minimum absolute atomic E-state index is 0.0485. The highest BCUT2D eigenvalue weighted by molar-refractivity contribution is 5.87. The fourth-order valence-corrected chi connectivity index (χ4v) is 3.20. The number of hydrogen-bond acceptors (Lipinski definition) is 3. The zero-order valence-electron chi connectivity index (χ0n) is 16.2. The maximum atomic E-state index is 12.4. The summed E-state index contributed by atoms with van der Waals surface area (Å²) in [7, 11) is 1.80. The van der Waals surface area contributed by atoms with Crippen molar-refractivity contribution in [3.8, 4) is 0 Å². The Labute approximate surface area is 156 Å². The molecule has 2 aromatic rings. The second-order valence-electron chi connectivity index (χ2n) is 6.60. The van der Waals surface area contributed by atoms with Crippen LogP contribution in [0.15, 0.2) is 42.5 Å². The monoisotopic (exact) mass is 355 g/mol. The molecule has 0 aliphatic carbocycles. The summed E-state index contributed by atoms with van der Waals surface area (Å²) < 4.78 is 0. The summed E-state index contributed by atoms with van der Waals surface area (Å²) in [5.41, 5.74) is 1.10. The molecule has 5 heteroatoms. The molecule has 0 saturated heterocycles. The van der Waals surface area contributed by atoms with Crippen molar-refractivity contribution in [1.29, 1.82) is 0 Å². The van der Waals surface area contributed by atoms with E-state index < -0.39 is 0 Å². The number of amides is 2. The molecule has 0 heterocycles. The van der Waals surface area contributed by atoms with Crippen molar-refractivity contribution in [2.75, 3.05) is 33.2 Å². The van der Waals surface area contributed by atoms with Gasteiger partial charge in [-0.2, -0.15) is 0 Å². The van der Waals surface area contributed by atoms with Crippen molar-refractivity contribution >= 4 is 22.6 Å². The minimum Gasteiger partial charge on any atom is -0.348 e. The van der Waals surface area contributed by atoms with E-state index in [1.165, 1.54) is 0 Å². The van der Waals surface area contributed by atoms with Crippen LogP contribution in [0.5, 0.6) is 0 Å². The van der Waals surface area contributed by atoms with Crippen LogP contribution in [0, 0.1) is 0 Å². The van der Waals surface area contributed by atoms with Crippen molar-refractivity contribution in [2.45, 2.75) is 26.8 Å². The minimum atomic E-state index is -0.0968. The molecule has 140 valence electrons. The molecule has 0 radical (unpaired) electrons. The van der Waals surface area contributed by atoms with Crippen LogP contribution < -0.4 is 5.32 Å². The highest BCUT2D eigenvalue weighted by atomic mass is 16.2. The van der Waals surface area contributed by atoms with Crippen LogP contribution in [-0.2, 0) is 9.59 Å². The van der Waals surface area contributed by atoms with Crippen LogP contribution in [0.25, 0.3) is 10.8 Å². The normalized spacial score (nSPS) is 12.2. The van der Waals surface area contributed by atoms with Gasteiger partial charge in [0.05, 0.1) is 19.1 Å². The number of nitrogens with zero attached hydrogens (tertiary/aromatic N) is 2. The SMILES string of the molecule is CCN(CC)C(=O)CN(C)CC(=O)N[C@H](C)c1cccc2ccccc12. The molecule has 0 spiro atoms. The molecule has 0 fully saturated rings. The summed E-state index contributed by atoms with van der Waals surface area (Å²) in [4.78, 5) is 28.1. The van der Waals surface area contributed by atoms with Gasteiger partial charge in [0.25, 0.3) is 0 Å². The third-order valence-corrected chi connectivity index (χ3v) is 4.60. The Bertz CT molecular complexity index is 751. The Kier molecular flexibility index (Phi) is 7.16. The lowest BCUT2D eigenvalue weighted by Gasteiger charge is -2.23. The average molecular weight is 355 g/mol. The Morgan fingerprint density at radius 3 is 2.35 bits per heavy atom. The predicted molar refractivity (Wildman–Crippen MR) is 106 cm³/mol. The summed E-state index contributed by atoms with van der Waals surface area (Å²) in [6.07, 6.45) is 0. The third-order valence-electron chi connectivity index (χ3n) is 4.60. The molecule has 0 aromatic heterocycles. The fraction of sp³-hybridized carbons (Fsp3) is 0.429. The van der Waals surface area contributed by atoms with Gasteiger partial charge in [0.15, 0.2) is 0 Å². The Balaban J connectivity index is 1.95. The van der Waals surface area contributed by atoms with Crippen molar-refractivity contribution in [2.24, 2.45) is 0 Å². The lowest BCUT2D eigenvalue weighted by Crippen LogP contribution is -2.43. The third kappa shape index (κ3) is 5.05. The van der Waals surface area contributed by atoms with E-state index in [0.29, 0.717) is 13.1 Å². The number of likely N-dealkylation sites (N-methyl/N-ethyl adjacent to an activating group) is 2. The van der Waals surface area contributed by atoms with Gasteiger partial charge in [-0.15, -0.1) is 0 Å². The van der Waals surface area contributed by atoms with Crippen LogP contribution in [-0.4, -0.2) is 54.8 Å². The van der Waals surface area contributed by atoms with E-state index in [2.05, 4.69) is 23.5 Å². The van der Waals surface area contributed by atoms with Gasteiger partial charge in [-0.05, 0) is 44.2 Å². The van der Waals surface area contributed by atoms with E-state index in [9.17, 15) is 9.59 Å². The number of nitrogens with one attached hydrogen (secondary N) is 1. The van der Waals surface area contributed by atoms with Gasteiger partial charge in [-0.1, -0.05) is 42.5 Å². The molecule has 0 aliphatic rings. The summed E-state index contributed by atoms with van der Waals surface area (Å²) in [6.45, 7) is 7.72. The molecule has 0 aliphatic heterocycles. The standard InChI is InChI=1S/C21H29N3O2/c1-5-24(6-2)21(26)15-23(4)14-20(25)22-16(3)18-13-9-11-17-10-7-8-12-19(17)18/h7-13,16H,5-6,14-15H2,1-4H3,(H,22,25)/t16-/m1/s1. The Morgan fingerprint density at radius 1 is 1.00 bits per heavy atom. The molecule has 0 bridgehead atoms. The van der Waals surface area contributed by atoms with E-state index in [-0.39, 0.29) is 30.9 Å². The predicted octanol–water partition coefficient (Wildman–Crippen LogP) is 2.82. The quantitative estimate of drug-likeness (QED) is 0.792. The van der Waals surface area contributed by atoms with Crippen molar-refractivity contribution in [1.82, 2.24) is 15.1 Å². The number of benzene rings is 2. The maximum Gasteiger partial charge on any atom is 0.236 e. The molecule has 26 heavy (non-hydrogen) atoms. The first-order valence-corrected chi connectivity index (χ1v) is 9.19. The first kappa shape index (κ1) is 19.9. The lowest BCUT2D eigenvalue weighted by atomic mass is 10.00. The number of hydrogen-bond donors (Lipinski definition) is 1. The van der Waals surface area contributed by atoms with Gasteiger partial charge in [0.1, 0.15) is 0 Å². The first-order chi connectivity index (χ1) is 12.5. The van der Waals surface area contributed by atoms with Crippen LogP contribution >= 0.6 is 0 Å². The second kappa shape index (κ2) is 9.34. The average Bonchev–Trinajstić information content (AvgIpc) is 2.61. The van der Waals surface area contributed by atoms with Crippen molar-refractivity contribution < 1.29 is 9.59 Å². The number of fused-ring (bicyclic) bond motifs is 1. The molecule has 2 rings (SSSR count). The number of carbonyl (C=O) groups excluding carboxylic acids is 2. The summed E-state index contributed by atoms with van der Waals surface area (Å²) >= 11 is 0. The zero-order chi connectivity index (χ0) is 19.1. The maximum absolute atomic E-state index is 12.4. The van der Waals surface area contributed by atoms with E-state index in [4.69, 9.17) is 0 Å². The number of carbonyl (C=O) groups is 2. The molecular formula is C21H29N3O2. The molecule has 2 amide bonds. The molecule has 1 atom stereocenters. The molecule has 0 saturated carbocycles. The Hall–Kier alpha value is -2.40. The van der Waals surface area contributed by atoms with Gasteiger partial charge in [0.2, 0.25) is 11.8 Å². The molecule has 0 unspecified atom stereocenters. The van der Waals surface area contributed by atoms with Crippen molar-refractivity contribution in [3.05, 3.63) is 48.0 Å². The highest BCUT2D eigenvalue weighted by Crippen LogP contribution is 2.23. The van der Waals surface area contributed by atoms with Crippen LogP contribution in [0.4, 0.5) is 0 Å². The molecule has 1 N–H and O–H groups in total. The lowest BCUT2D eigenvalue weighted by molar-refractivity contribution is -0.132. The first-order valence-electron chi connectivity index (χ1n) is 9.19. The van der Waals surface area contributed by atoms with E-state index >= 15 is 0 Å². The van der Waals surface area contributed by atoms with E-state index in [1.54, 1.807) is 16.8 Å². The summed E-state index contributed by atoms with van der Waals surface area (Å²) in [6, 6.07) is 14.2. The van der Waals surface area contributed by atoms with Crippen LogP contribution in [0.1, 0.15) is 32.4 Å². The van der Waals surface area contributed by atoms with Gasteiger partial charge in [0, 0.05) is 13.1 Å². The topological polar surface area (TPSA) is 52.7 Å². The number of rotatable bonds is 8. The van der Waals surface area contributed by atoms with Crippen molar-refractivity contribution in [3.63, 3.8) is 0 Å². The Morgan fingerprint density at radius 2 is 1.65 bits per heavy atom. The van der Waals surface area contributed by atoms with Crippen LogP contribution in [0.3, 0.4) is 0 Å². The van der Waals surface area contributed by atoms with Gasteiger partial charge >= 0.3 is 0 Å². The largest absolute Gasteiger partial charge is 0.348 e. The summed E-state index contributed by atoms with van der Waals surface area (Å²) in [5.74, 6) is -0.0346. The summed E-state index contributed by atoms with van der Waals surface area (Å²) in [5, 5.41) is 5.35. The van der Waals surface area contributed by atoms with E-state index in [0.717, 1.165) is 16.3 Å². The molecule has 5 nitrogen and oxygen atoms in total. The second-order valence-corrected chi connectivity index (χ2v) is 6.60. The highest BCUT2D eigenvalue weighted by Gasteiger charge is 2.17.